The van der Waals surface area contributed by atoms with Crippen LogP contribution in [0, 0.1) is 0 Å². The number of aromatic nitrogens is 2. The first-order chi connectivity index (χ1) is 8.18. The maximum absolute atomic E-state index is 12.3. The lowest BCUT2D eigenvalue weighted by molar-refractivity contribution is 0.576. The van der Waals surface area contributed by atoms with Crippen LogP contribution in [0.15, 0.2) is 29.4 Å². The first-order valence-electron chi connectivity index (χ1n) is 5.57. The largest absolute Gasteiger partial charge is 0.329 e. The van der Waals surface area contributed by atoms with Gasteiger partial charge in [-0.25, -0.2) is 13.4 Å². The molecule has 1 unspecified atom stereocenters. The summed E-state index contributed by atoms with van der Waals surface area (Å²) < 4.78 is 24.5. The Labute approximate surface area is 99.2 Å². The minimum atomic E-state index is -3.33. The van der Waals surface area contributed by atoms with Crippen molar-refractivity contribution < 1.29 is 8.42 Å². The fourth-order valence-electron chi connectivity index (χ4n) is 2.12. The van der Waals surface area contributed by atoms with Gasteiger partial charge in [0.15, 0.2) is 0 Å². The topological polar surface area (TPSA) is 74.8 Å². The molecule has 0 aliphatic carbocycles. The molecule has 3 rings (SSSR count). The van der Waals surface area contributed by atoms with Gasteiger partial charge in [-0.15, -0.1) is 0 Å². The molecule has 0 radical (unpaired) electrons. The first-order valence-corrected chi connectivity index (χ1v) is 7.12. The van der Waals surface area contributed by atoms with Gasteiger partial charge in [0.1, 0.15) is 0 Å². The Bertz CT molecular complexity index is 609. The Balaban J connectivity index is 2.08. The number of benzene rings is 1. The van der Waals surface area contributed by atoms with Crippen LogP contribution in [0.5, 0.6) is 0 Å². The van der Waals surface area contributed by atoms with Crippen molar-refractivity contribution in [3.05, 3.63) is 24.3 Å². The highest BCUT2D eigenvalue weighted by atomic mass is 32.2. The van der Waals surface area contributed by atoms with Gasteiger partial charge >= 0.3 is 0 Å². The highest BCUT2D eigenvalue weighted by Gasteiger charge is 2.32. The van der Waals surface area contributed by atoms with Gasteiger partial charge < -0.3 is 10.3 Å². The molecule has 1 saturated heterocycles. The molecule has 0 amide bonds. The van der Waals surface area contributed by atoms with Gasteiger partial charge in [-0.3, -0.25) is 0 Å². The summed E-state index contributed by atoms with van der Waals surface area (Å²) >= 11 is 0. The van der Waals surface area contributed by atoms with Gasteiger partial charge in [-0.05, 0) is 25.1 Å². The van der Waals surface area contributed by atoms with Crippen molar-refractivity contribution in [3.63, 3.8) is 0 Å². The lowest BCUT2D eigenvalue weighted by Crippen LogP contribution is -2.24. The number of nitrogens with one attached hydrogen (secondary N) is 2. The molecule has 1 atom stereocenters. The summed E-state index contributed by atoms with van der Waals surface area (Å²) in [6.45, 7) is 1.27. The molecule has 0 spiro atoms. The predicted molar refractivity (Wildman–Crippen MR) is 64.6 cm³/mol. The van der Waals surface area contributed by atoms with Gasteiger partial charge in [-0.1, -0.05) is 12.1 Å². The van der Waals surface area contributed by atoms with Crippen LogP contribution in [0.1, 0.15) is 6.42 Å². The smallest absolute Gasteiger partial charge is 0.226 e. The Morgan fingerprint density at radius 1 is 1.29 bits per heavy atom. The Morgan fingerprint density at radius 3 is 2.82 bits per heavy atom. The predicted octanol–water partition coefficient (Wildman–Crippen LogP) is 0.699. The van der Waals surface area contributed by atoms with Crippen molar-refractivity contribution in [2.75, 3.05) is 13.1 Å². The fourth-order valence-corrected chi connectivity index (χ4v) is 3.67. The second-order valence-corrected chi connectivity index (χ2v) is 6.36. The number of hydrogen-bond donors (Lipinski definition) is 2. The summed E-state index contributed by atoms with van der Waals surface area (Å²) in [5, 5.41) is 2.79. The highest BCUT2D eigenvalue weighted by molar-refractivity contribution is 7.91. The highest BCUT2D eigenvalue weighted by Crippen LogP contribution is 2.20. The molecule has 1 aromatic heterocycles. The second-order valence-electron chi connectivity index (χ2n) is 4.22. The molecule has 0 bridgehead atoms. The van der Waals surface area contributed by atoms with E-state index in [0.717, 1.165) is 12.1 Å². The van der Waals surface area contributed by atoms with E-state index in [2.05, 4.69) is 15.3 Å². The number of rotatable bonds is 2. The molecule has 6 heteroatoms. The number of imidazole rings is 1. The van der Waals surface area contributed by atoms with E-state index in [0.29, 0.717) is 18.5 Å². The minimum absolute atomic E-state index is 0.0902. The molecular weight excluding hydrogens is 238 g/mol. The molecule has 1 fully saturated rings. The lowest BCUT2D eigenvalue weighted by atomic mass is 10.3. The van der Waals surface area contributed by atoms with E-state index in [1.165, 1.54) is 0 Å². The summed E-state index contributed by atoms with van der Waals surface area (Å²) in [5.41, 5.74) is 1.45. The van der Waals surface area contributed by atoms with Crippen LogP contribution in [0.2, 0.25) is 0 Å². The molecule has 17 heavy (non-hydrogen) atoms. The van der Waals surface area contributed by atoms with E-state index in [1.807, 2.05) is 18.2 Å². The third-order valence-corrected chi connectivity index (χ3v) is 5.10. The van der Waals surface area contributed by atoms with E-state index in [-0.39, 0.29) is 10.4 Å². The zero-order chi connectivity index (χ0) is 11.9. The van der Waals surface area contributed by atoms with Crippen LogP contribution in [-0.4, -0.2) is 36.7 Å². The molecule has 0 saturated carbocycles. The fraction of sp³-hybridized carbons (Fsp3) is 0.364. The summed E-state index contributed by atoms with van der Waals surface area (Å²) in [6.07, 6.45) is 0.652. The molecule has 1 aromatic carbocycles. The van der Waals surface area contributed by atoms with Crippen molar-refractivity contribution in [1.82, 2.24) is 15.3 Å². The number of nitrogens with zero attached hydrogens (tertiary/aromatic N) is 1. The van der Waals surface area contributed by atoms with Crippen LogP contribution in [-0.2, 0) is 9.84 Å². The van der Waals surface area contributed by atoms with E-state index in [4.69, 9.17) is 0 Å². The summed E-state index contributed by atoms with van der Waals surface area (Å²) in [7, 11) is -3.33. The number of sulfone groups is 1. The van der Waals surface area contributed by atoms with Gasteiger partial charge in [-0.2, -0.15) is 0 Å². The summed E-state index contributed by atoms with van der Waals surface area (Å²) in [6, 6.07) is 7.33. The van der Waals surface area contributed by atoms with Crippen LogP contribution >= 0.6 is 0 Å². The molecule has 1 aliphatic rings. The average Bonchev–Trinajstić information content (AvgIpc) is 2.98. The van der Waals surface area contributed by atoms with Crippen LogP contribution in [0.3, 0.4) is 0 Å². The van der Waals surface area contributed by atoms with Crippen molar-refractivity contribution >= 4 is 20.9 Å². The molecule has 2 N–H and O–H groups in total. The summed E-state index contributed by atoms with van der Waals surface area (Å²) in [5.74, 6) is 0. The normalized spacial score (nSPS) is 21.1. The van der Waals surface area contributed by atoms with Crippen molar-refractivity contribution in [3.8, 4) is 0 Å². The number of fused-ring (bicyclic) bond motifs is 1. The van der Waals surface area contributed by atoms with Crippen molar-refractivity contribution in [2.45, 2.75) is 16.8 Å². The molecule has 5 nitrogen and oxygen atoms in total. The van der Waals surface area contributed by atoms with Crippen molar-refractivity contribution in [1.29, 1.82) is 0 Å². The van der Waals surface area contributed by atoms with Crippen LogP contribution in [0.25, 0.3) is 11.0 Å². The SMILES string of the molecule is O=S(=O)(c1nc2ccccc2[nH]1)C1CCNC1. The number of para-hydroxylation sites is 2. The Kier molecular flexibility index (Phi) is 2.41. The lowest BCUT2D eigenvalue weighted by Gasteiger charge is -2.06. The van der Waals surface area contributed by atoms with Crippen LogP contribution < -0.4 is 5.32 Å². The van der Waals surface area contributed by atoms with Crippen molar-refractivity contribution in [2.24, 2.45) is 0 Å². The third-order valence-electron chi connectivity index (χ3n) is 3.09. The van der Waals surface area contributed by atoms with E-state index in [9.17, 15) is 8.42 Å². The zero-order valence-electron chi connectivity index (χ0n) is 9.18. The standard InChI is InChI=1S/C11H13N3O2S/c15-17(16,8-5-6-12-7-8)11-13-9-3-1-2-4-10(9)14-11/h1-4,8,12H,5-7H2,(H,13,14). The van der Waals surface area contributed by atoms with Gasteiger partial charge in [0.25, 0.3) is 0 Å². The number of hydrogen-bond acceptors (Lipinski definition) is 4. The molecule has 90 valence electrons. The Hall–Kier alpha value is -1.40. The quantitative estimate of drug-likeness (QED) is 0.824. The van der Waals surface area contributed by atoms with Gasteiger partial charge in [0.05, 0.1) is 16.3 Å². The number of aromatic amines is 1. The monoisotopic (exact) mass is 251 g/mol. The van der Waals surface area contributed by atoms with Gasteiger partial charge in [0.2, 0.25) is 15.0 Å². The second kappa shape index (κ2) is 3.82. The maximum Gasteiger partial charge on any atom is 0.226 e. The average molecular weight is 251 g/mol. The maximum atomic E-state index is 12.3. The molecule has 2 heterocycles. The summed E-state index contributed by atoms with van der Waals surface area (Å²) in [4.78, 5) is 7.04. The Morgan fingerprint density at radius 2 is 2.12 bits per heavy atom. The first kappa shape index (κ1) is 10.7. The van der Waals surface area contributed by atoms with Gasteiger partial charge in [0, 0.05) is 6.54 Å². The number of H-pyrrole nitrogens is 1. The van der Waals surface area contributed by atoms with Crippen LogP contribution in [0.4, 0.5) is 0 Å². The third kappa shape index (κ3) is 1.73. The van der Waals surface area contributed by atoms with E-state index >= 15 is 0 Å². The molecule has 2 aromatic rings. The van der Waals surface area contributed by atoms with E-state index < -0.39 is 9.84 Å². The molecular formula is C11H13N3O2S. The van der Waals surface area contributed by atoms with E-state index in [1.54, 1.807) is 6.07 Å². The molecule has 1 aliphatic heterocycles. The zero-order valence-corrected chi connectivity index (χ0v) is 10.00. The minimum Gasteiger partial charge on any atom is -0.329 e.